The molecule has 5 nitrogen and oxygen atoms in total. The zero-order chi connectivity index (χ0) is 23.5. The van der Waals surface area contributed by atoms with Gasteiger partial charge in [-0.3, -0.25) is 14.5 Å². The fourth-order valence-corrected chi connectivity index (χ4v) is 4.64. The maximum atomic E-state index is 13.5. The molecule has 5 heteroatoms. The number of benzene rings is 3. The molecule has 0 aromatic heterocycles. The van der Waals surface area contributed by atoms with Crippen molar-refractivity contribution in [3.05, 3.63) is 101 Å². The Bertz CT molecular complexity index is 1210. The molecule has 5 rings (SSSR count). The van der Waals surface area contributed by atoms with Gasteiger partial charge < -0.3 is 10.2 Å². The number of carbonyl (C=O) groups excluding carboxylic acids is 2. The van der Waals surface area contributed by atoms with Gasteiger partial charge in [-0.15, -0.1) is 0 Å². The Morgan fingerprint density at radius 2 is 1.47 bits per heavy atom. The number of imide groups is 1. The van der Waals surface area contributed by atoms with Gasteiger partial charge in [0.25, 0.3) is 11.8 Å². The molecule has 0 radical (unpaired) electrons. The van der Waals surface area contributed by atoms with Crippen molar-refractivity contribution in [2.45, 2.75) is 26.2 Å². The molecule has 0 saturated carbocycles. The van der Waals surface area contributed by atoms with Crippen molar-refractivity contribution in [2.75, 3.05) is 29.9 Å². The number of amides is 2. The number of anilines is 2. The number of nitrogens with one attached hydrogen (secondary N) is 1. The van der Waals surface area contributed by atoms with Crippen molar-refractivity contribution >= 4 is 28.8 Å². The monoisotopic (exact) mass is 451 g/mol. The van der Waals surface area contributed by atoms with E-state index in [4.69, 9.17) is 0 Å². The number of rotatable bonds is 7. The third kappa shape index (κ3) is 4.46. The first-order valence-electron chi connectivity index (χ1n) is 11.9. The maximum Gasteiger partial charge on any atom is 0.278 e. The average molecular weight is 452 g/mol. The molecule has 2 aliphatic rings. The van der Waals surface area contributed by atoms with Crippen LogP contribution in [-0.4, -0.2) is 36.3 Å². The van der Waals surface area contributed by atoms with Gasteiger partial charge >= 0.3 is 0 Å². The summed E-state index contributed by atoms with van der Waals surface area (Å²) in [4.78, 5) is 30.6. The van der Waals surface area contributed by atoms with Crippen LogP contribution in [0, 0.1) is 6.92 Å². The summed E-state index contributed by atoms with van der Waals surface area (Å²) >= 11 is 0. The third-order valence-electron chi connectivity index (χ3n) is 6.58. The minimum Gasteiger partial charge on any atom is -0.372 e. The normalized spacial score (nSPS) is 16.0. The van der Waals surface area contributed by atoms with Crippen molar-refractivity contribution in [2.24, 2.45) is 0 Å². The number of hydrogen-bond donors (Lipinski definition) is 1. The van der Waals surface area contributed by atoms with E-state index in [0.29, 0.717) is 24.2 Å². The first-order chi connectivity index (χ1) is 16.6. The Kier molecular flexibility index (Phi) is 6.17. The lowest BCUT2D eigenvalue weighted by atomic mass is 10.0. The molecule has 172 valence electrons. The first kappa shape index (κ1) is 22.0. The van der Waals surface area contributed by atoms with Crippen molar-refractivity contribution < 1.29 is 9.59 Å². The molecule has 2 amide bonds. The molecule has 0 unspecified atom stereocenters. The van der Waals surface area contributed by atoms with Gasteiger partial charge in [0, 0.05) is 31.0 Å². The van der Waals surface area contributed by atoms with Crippen LogP contribution < -0.4 is 10.2 Å². The minimum atomic E-state index is -0.278. The standard InChI is InChI=1S/C29H29N3O2/c1-21-9-11-23(12-10-21)26-27(30-24-13-15-25(16-14-24)31-18-5-6-19-31)29(34)32(28(26)33)20-17-22-7-3-2-4-8-22/h2-4,7-16,30H,5-6,17-20H2,1H3. The second-order valence-corrected chi connectivity index (χ2v) is 8.98. The van der Waals surface area contributed by atoms with Crippen LogP contribution in [0.5, 0.6) is 0 Å². The first-order valence-corrected chi connectivity index (χ1v) is 11.9. The predicted octanol–water partition coefficient (Wildman–Crippen LogP) is 5.03. The fourth-order valence-electron chi connectivity index (χ4n) is 4.64. The predicted molar refractivity (Wildman–Crippen MR) is 136 cm³/mol. The highest BCUT2D eigenvalue weighted by Gasteiger charge is 2.38. The largest absolute Gasteiger partial charge is 0.372 e. The Morgan fingerprint density at radius 3 is 2.15 bits per heavy atom. The van der Waals surface area contributed by atoms with Crippen molar-refractivity contribution in [3.8, 4) is 0 Å². The quantitative estimate of drug-likeness (QED) is 0.512. The molecule has 0 spiro atoms. The van der Waals surface area contributed by atoms with E-state index in [2.05, 4.69) is 22.3 Å². The van der Waals surface area contributed by atoms with Gasteiger partial charge in [0.15, 0.2) is 0 Å². The summed E-state index contributed by atoms with van der Waals surface area (Å²) in [7, 11) is 0. The van der Waals surface area contributed by atoms with Gasteiger partial charge in [0.1, 0.15) is 5.70 Å². The molecule has 3 aromatic carbocycles. The minimum absolute atomic E-state index is 0.249. The molecular weight excluding hydrogens is 422 g/mol. The summed E-state index contributed by atoms with van der Waals surface area (Å²) in [6, 6.07) is 25.8. The lowest BCUT2D eigenvalue weighted by Crippen LogP contribution is -2.34. The number of nitrogens with zero attached hydrogens (tertiary/aromatic N) is 2. The van der Waals surface area contributed by atoms with Gasteiger partial charge in [0.05, 0.1) is 5.57 Å². The molecule has 1 N–H and O–H groups in total. The molecular formula is C29H29N3O2. The second-order valence-electron chi connectivity index (χ2n) is 8.98. The van der Waals surface area contributed by atoms with Crippen LogP contribution in [0.2, 0.25) is 0 Å². The molecule has 1 saturated heterocycles. The smallest absolute Gasteiger partial charge is 0.278 e. The van der Waals surface area contributed by atoms with Crippen LogP contribution in [0.1, 0.15) is 29.5 Å². The van der Waals surface area contributed by atoms with Gasteiger partial charge in [0.2, 0.25) is 0 Å². The summed E-state index contributed by atoms with van der Waals surface area (Å²) in [5.74, 6) is -0.527. The van der Waals surface area contributed by atoms with Crippen LogP contribution in [0.3, 0.4) is 0 Å². The van der Waals surface area contributed by atoms with E-state index >= 15 is 0 Å². The Balaban J connectivity index is 1.42. The number of aryl methyl sites for hydroxylation is 1. The topological polar surface area (TPSA) is 52.7 Å². The highest BCUT2D eigenvalue weighted by atomic mass is 16.2. The van der Waals surface area contributed by atoms with E-state index < -0.39 is 0 Å². The molecule has 2 heterocycles. The van der Waals surface area contributed by atoms with Gasteiger partial charge in [-0.25, -0.2) is 0 Å². The Hall–Kier alpha value is -3.86. The second kappa shape index (κ2) is 9.56. The molecule has 0 aliphatic carbocycles. The van der Waals surface area contributed by atoms with Crippen molar-refractivity contribution in [1.29, 1.82) is 0 Å². The van der Waals surface area contributed by atoms with Crippen LogP contribution in [0.15, 0.2) is 84.6 Å². The third-order valence-corrected chi connectivity index (χ3v) is 6.58. The zero-order valence-corrected chi connectivity index (χ0v) is 19.5. The van der Waals surface area contributed by atoms with E-state index in [1.807, 2.05) is 73.7 Å². The average Bonchev–Trinajstić information content (AvgIpc) is 3.48. The molecule has 1 fully saturated rings. The van der Waals surface area contributed by atoms with E-state index in [9.17, 15) is 9.59 Å². The molecule has 0 atom stereocenters. The summed E-state index contributed by atoms with van der Waals surface area (Å²) in [6.07, 6.45) is 3.07. The lowest BCUT2D eigenvalue weighted by molar-refractivity contribution is -0.136. The van der Waals surface area contributed by atoms with Crippen LogP contribution >= 0.6 is 0 Å². The van der Waals surface area contributed by atoms with Crippen LogP contribution in [-0.2, 0) is 16.0 Å². The number of carbonyl (C=O) groups is 2. The van der Waals surface area contributed by atoms with Gasteiger partial charge in [-0.2, -0.15) is 0 Å². The van der Waals surface area contributed by atoms with Gasteiger partial charge in [-0.1, -0.05) is 60.2 Å². The lowest BCUT2D eigenvalue weighted by Gasteiger charge is -2.18. The van der Waals surface area contributed by atoms with E-state index in [1.54, 1.807) is 0 Å². The van der Waals surface area contributed by atoms with Crippen LogP contribution in [0.4, 0.5) is 11.4 Å². The maximum absolute atomic E-state index is 13.5. The Morgan fingerprint density at radius 1 is 0.794 bits per heavy atom. The van der Waals surface area contributed by atoms with Crippen molar-refractivity contribution in [1.82, 2.24) is 4.90 Å². The van der Waals surface area contributed by atoms with Gasteiger partial charge in [-0.05, 0) is 61.6 Å². The Labute approximate surface area is 200 Å². The summed E-state index contributed by atoms with van der Waals surface area (Å²) in [5.41, 5.74) is 5.72. The van der Waals surface area contributed by atoms with E-state index in [1.165, 1.54) is 23.4 Å². The molecule has 0 bridgehead atoms. The highest BCUT2D eigenvalue weighted by Crippen LogP contribution is 2.31. The van der Waals surface area contributed by atoms with Crippen molar-refractivity contribution in [3.63, 3.8) is 0 Å². The van der Waals surface area contributed by atoms with Crippen LogP contribution in [0.25, 0.3) is 5.57 Å². The van der Waals surface area contributed by atoms with E-state index in [0.717, 1.165) is 35.5 Å². The molecule has 2 aliphatic heterocycles. The summed E-state index contributed by atoms with van der Waals surface area (Å²) < 4.78 is 0. The fraction of sp³-hybridized carbons (Fsp3) is 0.241. The SMILES string of the molecule is Cc1ccc(C2=C(Nc3ccc(N4CCCC4)cc3)C(=O)N(CCc3ccccc3)C2=O)cc1. The van der Waals surface area contributed by atoms with E-state index in [-0.39, 0.29) is 11.8 Å². The zero-order valence-electron chi connectivity index (χ0n) is 19.5. The number of hydrogen-bond acceptors (Lipinski definition) is 4. The summed E-state index contributed by atoms with van der Waals surface area (Å²) in [6.45, 7) is 4.51. The molecule has 3 aromatic rings. The highest BCUT2D eigenvalue weighted by molar-refractivity contribution is 6.36. The summed E-state index contributed by atoms with van der Waals surface area (Å²) in [5, 5.41) is 3.28. The molecule has 34 heavy (non-hydrogen) atoms.